The van der Waals surface area contributed by atoms with E-state index in [1.807, 2.05) is 51.2 Å². The van der Waals surface area contributed by atoms with E-state index in [0.717, 1.165) is 16.3 Å². The Morgan fingerprint density at radius 2 is 2.19 bits per heavy atom. The van der Waals surface area contributed by atoms with Gasteiger partial charge >= 0.3 is 0 Å². The van der Waals surface area contributed by atoms with Gasteiger partial charge in [-0.15, -0.1) is 11.3 Å². The van der Waals surface area contributed by atoms with Gasteiger partial charge in [-0.05, 0) is 38.5 Å². The van der Waals surface area contributed by atoms with E-state index < -0.39 is 6.10 Å². The van der Waals surface area contributed by atoms with Gasteiger partial charge in [-0.2, -0.15) is 0 Å². The van der Waals surface area contributed by atoms with Crippen LogP contribution in [0.3, 0.4) is 0 Å². The molecule has 0 radical (unpaired) electrons. The van der Waals surface area contributed by atoms with Gasteiger partial charge in [0.05, 0.1) is 6.04 Å². The SMILES string of the molecule is Cc1cccc(OCC(O)CNC(C)c2ncc(C)s2)c1. The van der Waals surface area contributed by atoms with E-state index in [1.54, 1.807) is 11.3 Å². The second-order valence-corrected chi connectivity index (χ2v) is 6.49. The molecule has 1 aromatic heterocycles. The zero-order valence-corrected chi connectivity index (χ0v) is 13.5. The van der Waals surface area contributed by atoms with Gasteiger partial charge in [0.1, 0.15) is 23.5 Å². The molecule has 2 unspecified atom stereocenters. The Bertz CT molecular complexity index is 571. The van der Waals surface area contributed by atoms with E-state index in [0.29, 0.717) is 6.54 Å². The van der Waals surface area contributed by atoms with Gasteiger partial charge in [-0.3, -0.25) is 0 Å². The molecule has 0 aliphatic rings. The predicted octanol–water partition coefficient (Wildman–Crippen LogP) is 2.85. The van der Waals surface area contributed by atoms with Gasteiger partial charge in [0.15, 0.2) is 0 Å². The number of hydrogen-bond acceptors (Lipinski definition) is 5. The fraction of sp³-hybridized carbons (Fsp3) is 0.438. The lowest BCUT2D eigenvalue weighted by Gasteiger charge is -2.16. The maximum absolute atomic E-state index is 9.98. The summed E-state index contributed by atoms with van der Waals surface area (Å²) in [6, 6.07) is 7.96. The van der Waals surface area contributed by atoms with Crippen molar-refractivity contribution in [1.29, 1.82) is 0 Å². The number of ether oxygens (including phenoxy) is 1. The van der Waals surface area contributed by atoms with E-state index in [1.165, 1.54) is 4.88 Å². The highest BCUT2D eigenvalue weighted by molar-refractivity contribution is 7.11. The molecule has 1 aromatic carbocycles. The summed E-state index contributed by atoms with van der Waals surface area (Å²) in [7, 11) is 0. The van der Waals surface area contributed by atoms with Crippen molar-refractivity contribution in [3.8, 4) is 5.75 Å². The molecule has 0 bridgehead atoms. The van der Waals surface area contributed by atoms with Crippen molar-refractivity contribution in [3.63, 3.8) is 0 Å². The number of nitrogens with one attached hydrogen (secondary N) is 1. The van der Waals surface area contributed by atoms with Crippen molar-refractivity contribution >= 4 is 11.3 Å². The molecule has 0 aliphatic heterocycles. The minimum absolute atomic E-state index is 0.136. The van der Waals surface area contributed by atoms with Gasteiger partial charge in [-0.1, -0.05) is 12.1 Å². The fourth-order valence-corrected chi connectivity index (χ4v) is 2.73. The van der Waals surface area contributed by atoms with Crippen LogP contribution in [0.1, 0.15) is 28.4 Å². The molecule has 0 saturated heterocycles. The van der Waals surface area contributed by atoms with Crippen LogP contribution >= 0.6 is 11.3 Å². The predicted molar refractivity (Wildman–Crippen MR) is 85.9 cm³/mol. The number of nitrogens with zero attached hydrogens (tertiary/aromatic N) is 1. The summed E-state index contributed by atoms with van der Waals surface area (Å²) >= 11 is 1.67. The lowest BCUT2D eigenvalue weighted by atomic mass is 10.2. The van der Waals surface area contributed by atoms with Crippen molar-refractivity contribution in [2.75, 3.05) is 13.2 Å². The quantitative estimate of drug-likeness (QED) is 0.826. The molecule has 4 nitrogen and oxygen atoms in total. The third-order valence-electron chi connectivity index (χ3n) is 3.10. The molecule has 2 aromatic rings. The van der Waals surface area contributed by atoms with Gasteiger partial charge in [0.25, 0.3) is 0 Å². The van der Waals surface area contributed by atoms with Gasteiger partial charge in [0, 0.05) is 17.6 Å². The van der Waals surface area contributed by atoms with Gasteiger partial charge in [0.2, 0.25) is 0 Å². The van der Waals surface area contributed by atoms with Crippen LogP contribution in [-0.2, 0) is 0 Å². The maximum atomic E-state index is 9.98. The molecule has 2 rings (SSSR count). The number of aliphatic hydroxyl groups is 1. The molecular formula is C16H22N2O2S. The number of aryl methyl sites for hydroxylation is 2. The van der Waals surface area contributed by atoms with E-state index in [2.05, 4.69) is 10.3 Å². The summed E-state index contributed by atoms with van der Waals surface area (Å²) in [5.74, 6) is 0.789. The van der Waals surface area contributed by atoms with Crippen LogP contribution in [-0.4, -0.2) is 29.3 Å². The normalized spacial score (nSPS) is 13.9. The van der Waals surface area contributed by atoms with Crippen LogP contribution in [0.2, 0.25) is 0 Å². The van der Waals surface area contributed by atoms with Crippen LogP contribution in [0.15, 0.2) is 30.5 Å². The molecule has 0 saturated carbocycles. The zero-order chi connectivity index (χ0) is 15.2. The molecule has 21 heavy (non-hydrogen) atoms. The van der Waals surface area contributed by atoms with Crippen molar-refractivity contribution in [3.05, 3.63) is 45.9 Å². The molecule has 2 N–H and O–H groups in total. The smallest absolute Gasteiger partial charge is 0.119 e. The van der Waals surface area contributed by atoms with Crippen LogP contribution in [0.4, 0.5) is 0 Å². The first kappa shape index (κ1) is 15.9. The van der Waals surface area contributed by atoms with E-state index in [4.69, 9.17) is 4.74 Å². The summed E-state index contributed by atoms with van der Waals surface area (Å²) in [5.41, 5.74) is 1.15. The Morgan fingerprint density at radius 3 is 2.86 bits per heavy atom. The van der Waals surface area contributed by atoms with Crippen LogP contribution in [0, 0.1) is 13.8 Å². The highest BCUT2D eigenvalue weighted by Crippen LogP contribution is 2.18. The molecule has 0 fully saturated rings. The zero-order valence-electron chi connectivity index (χ0n) is 12.7. The third-order valence-corrected chi connectivity index (χ3v) is 4.20. The monoisotopic (exact) mass is 306 g/mol. The van der Waals surface area contributed by atoms with Crippen LogP contribution in [0.25, 0.3) is 0 Å². The second kappa shape index (κ2) is 7.54. The third kappa shape index (κ3) is 5.12. The topological polar surface area (TPSA) is 54.4 Å². The fourth-order valence-electron chi connectivity index (χ4n) is 1.93. The Balaban J connectivity index is 1.73. The van der Waals surface area contributed by atoms with Gasteiger partial charge in [-0.25, -0.2) is 4.98 Å². The minimum atomic E-state index is -0.547. The van der Waals surface area contributed by atoms with Crippen LogP contribution < -0.4 is 10.1 Å². The van der Waals surface area contributed by atoms with E-state index in [-0.39, 0.29) is 12.6 Å². The molecule has 0 spiro atoms. The Kier molecular flexibility index (Phi) is 5.73. The first-order valence-corrected chi connectivity index (χ1v) is 7.89. The Morgan fingerprint density at radius 1 is 1.38 bits per heavy atom. The first-order valence-electron chi connectivity index (χ1n) is 7.08. The molecule has 0 amide bonds. The molecule has 0 aliphatic carbocycles. The number of aromatic nitrogens is 1. The van der Waals surface area contributed by atoms with Crippen molar-refractivity contribution in [2.45, 2.75) is 32.9 Å². The summed E-state index contributed by atoms with van der Waals surface area (Å²) in [6.45, 7) is 6.86. The first-order chi connectivity index (χ1) is 10.0. The average molecular weight is 306 g/mol. The Labute approximate surface area is 129 Å². The summed E-state index contributed by atoms with van der Waals surface area (Å²) in [5, 5.41) is 14.3. The van der Waals surface area contributed by atoms with Crippen molar-refractivity contribution in [1.82, 2.24) is 10.3 Å². The van der Waals surface area contributed by atoms with E-state index in [9.17, 15) is 5.11 Å². The minimum Gasteiger partial charge on any atom is -0.491 e. The van der Waals surface area contributed by atoms with Crippen molar-refractivity contribution < 1.29 is 9.84 Å². The molecular weight excluding hydrogens is 284 g/mol. The molecule has 5 heteroatoms. The number of hydrogen-bond donors (Lipinski definition) is 2. The number of aliphatic hydroxyl groups excluding tert-OH is 1. The highest BCUT2D eigenvalue weighted by Gasteiger charge is 2.12. The standard InChI is InChI=1S/C16H22N2O2S/c1-11-5-4-6-15(7-11)20-10-14(19)9-17-13(3)16-18-8-12(2)21-16/h4-8,13-14,17,19H,9-10H2,1-3H3. The summed E-state index contributed by atoms with van der Waals surface area (Å²) in [4.78, 5) is 5.54. The van der Waals surface area contributed by atoms with E-state index >= 15 is 0 Å². The average Bonchev–Trinajstić information content (AvgIpc) is 2.89. The van der Waals surface area contributed by atoms with Crippen molar-refractivity contribution in [2.24, 2.45) is 0 Å². The van der Waals surface area contributed by atoms with Crippen LogP contribution in [0.5, 0.6) is 5.75 Å². The molecule has 1 heterocycles. The highest BCUT2D eigenvalue weighted by atomic mass is 32.1. The molecule has 2 atom stereocenters. The lowest BCUT2D eigenvalue weighted by Crippen LogP contribution is -2.33. The summed E-state index contributed by atoms with van der Waals surface area (Å²) in [6.07, 6.45) is 1.32. The maximum Gasteiger partial charge on any atom is 0.119 e. The largest absolute Gasteiger partial charge is 0.491 e. The Hall–Kier alpha value is -1.43. The lowest BCUT2D eigenvalue weighted by molar-refractivity contribution is 0.104. The number of thiazole rings is 1. The van der Waals surface area contributed by atoms with Gasteiger partial charge < -0.3 is 15.2 Å². The second-order valence-electron chi connectivity index (χ2n) is 5.22. The summed E-state index contributed by atoms with van der Waals surface area (Å²) < 4.78 is 5.59. The number of rotatable bonds is 7. The number of benzene rings is 1. The molecule has 114 valence electrons.